The summed E-state index contributed by atoms with van der Waals surface area (Å²) in [5.74, 6) is 0.852. The molecule has 10 heteroatoms. The minimum atomic E-state index is -0.938. The number of hydrogen-bond acceptors (Lipinski definition) is 8. The summed E-state index contributed by atoms with van der Waals surface area (Å²) in [7, 11) is 0. The molecule has 1 fully saturated rings. The van der Waals surface area contributed by atoms with Gasteiger partial charge in [-0.05, 0) is 59.5 Å². The number of benzene rings is 1. The fourth-order valence-electron chi connectivity index (χ4n) is 4.31. The third kappa shape index (κ3) is 3.51. The van der Waals surface area contributed by atoms with E-state index >= 15 is 0 Å². The topological polar surface area (TPSA) is 136 Å². The molecular formula is C22H23BrN6O2S. The molecule has 1 aliphatic heterocycles. The second kappa shape index (κ2) is 7.87. The summed E-state index contributed by atoms with van der Waals surface area (Å²) in [6.45, 7) is 2.00. The van der Waals surface area contributed by atoms with Crippen molar-refractivity contribution in [2.45, 2.75) is 42.1 Å². The average Bonchev–Trinajstić information content (AvgIpc) is 3.29. The Morgan fingerprint density at radius 3 is 2.78 bits per heavy atom. The molecule has 0 aliphatic carbocycles. The van der Waals surface area contributed by atoms with E-state index in [4.69, 9.17) is 11.5 Å². The normalized spacial score (nSPS) is 25.7. The molecule has 1 aromatic carbocycles. The Kier molecular flexibility index (Phi) is 5.28. The third-order valence-corrected chi connectivity index (χ3v) is 8.58. The lowest BCUT2D eigenvalue weighted by molar-refractivity contribution is 0.000372. The number of nitrogens with zero attached hydrogens (tertiary/aromatic N) is 4. The standard InChI is InChI=1S/C22H23BrN6O2S/c1-22(6-4-11-2-3-12-9-14(23)19(25)28-15(12)8-11)17(31)16(30)21(32-22)29-7-5-13-18(24)26-10-27-20(13)29/h2-3,5,7-10,16-17,21,30-31H,4,6H2,1H3,(H2,25,28)(H2,24,26,27)/t16-,17+,21-,22-/m1/s1. The first-order chi connectivity index (χ1) is 15.3. The van der Waals surface area contributed by atoms with E-state index in [2.05, 4.69) is 36.9 Å². The number of aryl methyl sites for hydroxylation is 1. The van der Waals surface area contributed by atoms with Crippen molar-refractivity contribution in [2.75, 3.05) is 11.5 Å². The fraction of sp³-hybridized carbons (Fsp3) is 0.318. The molecule has 0 bridgehead atoms. The lowest BCUT2D eigenvalue weighted by Crippen LogP contribution is -2.39. The van der Waals surface area contributed by atoms with E-state index in [1.54, 1.807) is 11.8 Å². The van der Waals surface area contributed by atoms with Crippen LogP contribution in [0.1, 0.15) is 24.3 Å². The van der Waals surface area contributed by atoms with Crippen LogP contribution >= 0.6 is 27.7 Å². The SMILES string of the molecule is C[C@]1(CCc2ccc3cc(Br)c(N)nc3c2)S[C@@H](n2ccc3c(N)ncnc32)[C@H](O)[C@@H]1O. The Hall–Kier alpha value is -2.40. The van der Waals surface area contributed by atoms with Gasteiger partial charge in [0.2, 0.25) is 0 Å². The lowest BCUT2D eigenvalue weighted by Gasteiger charge is -2.27. The number of aromatic nitrogens is 4. The zero-order valence-corrected chi connectivity index (χ0v) is 19.7. The number of aliphatic hydroxyl groups is 2. The highest BCUT2D eigenvalue weighted by atomic mass is 79.9. The van der Waals surface area contributed by atoms with Crippen molar-refractivity contribution < 1.29 is 10.2 Å². The van der Waals surface area contributed by atoms with E-state index in [1.165, 1.54) is 6.33 Å². The van der Waals surface area contributed by atoms with E-state index in [-0.39, 0.29) is 5.37 Å². The van der Waals surface area contributed by atoms with E-state index in [0.717, 1.165) is 32.7 Å². The lowest BCUT2D eigenvalue weighted by atomic mass is 9.92. The van der Waals surface area contributed by atoms with Gasteiger partial charge in [0, 0.05) is 16.3 Å². The molecular weight excluding hydrogens is 492 g/mol. The first-order valence-electron chi connectivity index (χ1n) is 10.2. The van der Waals surface area contributed by atoms with Gasteiger partial charge in [0.1, 0.15) is 35.1 Å². The molecule has 0 amide bonds. The molecule has 4 aromatic rings. The van der Waals surface area contributed by atoms with Gasteiger partial charge < -0.3 is 26.2 Å². The van der Waals surface area contributed by atoms with Crippen LogP contribution < -0.4 is 11.5 Å². The Labute approximate surface area is 197 Å². The zero-order valence-electron chi connectivity index (χ0n) is 17.3. The summed E-state index contributed by atoms with van der Waals surface area (Å²) in [4.78, 5) is 12.8. The Bertz CT molecular complexity index is 1330. The van der Waals surface area contributed by atoms with Gasteiger partial charge in [-0.15, -0.1) is 11.8 Å². The van der Waals surface area contributed by atoms with E-state index in [0.29, 0.717) is 23.7 Å². The number of nitrogen functional groups attached to an aromatic ring is 2. The van der Waals surface area contributed by atoms with Crippen molar-refractivity contribution in [2.24, 2.45) is 0 Å². The number of aliphatic hydroxyl groups excluding tert-OH is 2. The number of hydrogen-bond donors (Lipinski definition) is 4. The summed E-state index contributed by atoms with van der Waals surface area (Å²) in [6.07, 6.45) is 2.84. The highest BCUT2D eigenvalue weighted by Crippen LogP contribution is 2.52. The van der Waals surface area contributed by atoms with Crippen LogP contribution in [0.15, 0.2) is 47.3 Å². The van der Waals surface area contributed by atoms with Crippen LogP contribution in [0, 0.1) is 0 Å². The molecule has 1 aliphatic rings. The average molecular weight is 515 g/mol. The summed E-state index contributed by atoms with van der Waals surface area (Å²) in [5.41, 5.74) is 14.5. The van der Waals surface area contributed by atoms with Crippen LogP contribution in [-0.4, -0.2) is 46.7 Å². The van der Waals surface area contributed by atoms with Gasteiger partial charge in [-0.3, -0.25) is 0 Å². The Morgan fingerprint density at radius 1 is 1.16 bits per heavy atom. The van der Waals surface area contributed by atoms with Gasteiger partial charge in [0.05, 0.1) is 21.5 Å². The highest BCUT2D eigenvalue weighted by Gasteiger charge is 2.51. The maximum Gasteiger partial charge on any atom is 0.146 e. The molecule has 0 radical (unpaired) electrons. The predicted octanol–water partition coefficient (Wildman–Crippen LogP) is 3.27. The van der Waals surface area contributed by atoms with Crippen LogP contribution in [0.25, 0.3) is 21.9 Å². The van der Waals surface area contributed by atoms with Crippen LogP contribution in [0.2, 0.25) is 0 Å². The van der Waals surface area contributed by atoms with Gasteiger partial charge in [-0.25, -0.2) is 15.0 Å². The number of rotatable bonds is 4. The number of fused-ring (bicyclic) bond motifs is 2. The largest absolute Gasteiger partial charge is 0.389 e. The second-order valence-corrected chi connectivity index (χ2v) is 10.9. The maximum absolute atomic E-state index is 11.0. The maximum atomic E-state index is 11.0. The van der Waals surface area contributed by atoms with Crippen molar-refractivity contribution >= 4 is 61.3 Å². The van der Waals surface area contributed by atoms with Crippen LogP contribution in [0.3, 0.4) is 0 Å². The number of anilines is 2. The van der Waals surface area contributed by atoms with Crippen molar-refractivity contribution in [3.05, 3.63) is 52.9 Å². The summed E-state index contributed by atoms with van der Waals surface area (Å²) in [6, 6.07) is 9.91. The number of thioether (sulfide) groups is 1. The number of halogens is 1. The van der Waals surface area contributed by atoms with E-state index in [9.17, 15) is 10.2 Å². The fourth-order valence-corrected chi connectivity index (χ4v) is 6.26. The van der Waals surface area contributed by atoms with Gasteiger partial charge >= 0.3 is 0 Å². The molecule has 0 spiro atoms. The van der Waals surface area contributed by atoms with Gasteiger partial charge in [-0.1, -0.05) is 12.1 Å². The molecule has 166 valence electrons. The van der Waals surface area contributed by atoms with Crippen LogP contribution in [0.5, 0.6) is 0 Å². The van der Waals surface area contributed by atoms with E-state index < -0.39 is 17.0 Å². The van der Waals surface area contributed by atoms with Gasteiger partial charge in [-0.2, -0.15) is 0 Å². The molecule has 32 heavy (non-hydrogen) atoms. The highest BCUT2D eigenvalue weighted by molar-refractivity contribution is 9.10. The monoisotopic (exact) mass is 514 g/mol. The first kappa shape index (κ1) is 21.4. The zero-order chi connectivity index (χ0) is 22.6. The molecule has 8 nitrogen and oxygen atoms in total. The molecule has 0 saturated carbocycles. The van der Waals surface area contributed by atoms with E-state index in [1.807, 2.05) is 42.0 Å². The molecule has 4 heterocycles. The minimum Gasteiger partial charge on any atom is -0.389 e. The Morgan fingerprint density at radius 2 is 1.97 bits per heavy atom. The molecule has 6 N–H and O–H groups in total. The van der Waals surface area contributed by atoms with Crippen molar-refractivity contribution in [3.63, 3.8) is 0 Å². The smallest absolute Gasteiger partial charge is 0.146 e. The van der Waals surface area contributed by atoms with Crippen molar-refractivity contribution in [1.82, 2.24) is 19.5 Å². The molecule has 3 aromatic heterocycles. The van der Waals surface area contributed by atoms with Crippen LogP contribution in [0.4, 0.5) is 11.6 Å². The van der Waals surface area contributed by atoms with Crippen molar-refractivity contribution in [3.8, 4) is 0 Å². The second-order valence-electron chi connectivity index (χ2n) is 8.36. The number of pyridine rings is 1. The van der Waals surface area contributed by atoms with Crippen LogP contribution in [-0.2, 0) is 6.42 Å². The first-order valence-corrected chi connectivity index (χ1v) is 11.9. The summed E-state index contributed by atoms with van der Waals surface area (Å²) < 4.78 is 2.11. The van der Waals surface area contributed by atoms with Gasteiger partial charge in [0.25, 0.3) is 0 Å². The predicted molar refractivity (Wildman–Crippen MR) is 131 cm³/mol. The van der Waals surface area contributed by atoms with Gasteiger partial charge in [0.15, 0.2) is 0 Å². The quantitative estimate of drug-likeness (QED) is 0.325. The van der Waals surface area contributed by atoms with Crippen molar-refractivity contribution in [1.29, 1.82) is 0 Å². The Balaban J connectivity index is 1.38. The molecule has 1 saturated heterocycles. The molecule has 4 atom stereocenters. The number of nitrogens with two attached hydrogens (primary N) is 2. The summed E-state index contributed by atoms with van der Waals surface area (Å²) in [5, 5.41) is 23.2. The molecule has 5 rings (SSSR count). The summed E-state index contributed by atoms with van der Waals surface area (Å²) >= 11 is 4.97. The third-order valence-electron chi connectivity index (χ3n) is 6.22. The molecule has 0 unspecified atom stereocenters. The minimum absolute atomic E-state index is 0.378.